The van der Waals surface area contributed by atoms with Gasteiger partial charge < -0.3 is 10.6 Å². The average molecular weight is 416 g/mol. The molecule has 2 N–H and O–H groups in total. The summed E-state index contributed by atoms with van der Waals surface area (Å²) >= 11 is 0. The average Bonchev–Trinajstić information content (AvgIpc) is 3.26. The summed E-state index contributed by atoms with van der Waals surface area (Å²) in [6, 6.07) is 5.21. The maximum Gasteiger partial charge on any atom is 0.191 e. The molecular weight excluding hydrogens is 386 g/mol. The Balaban J connectivity index is 2.04. The lowest BCUT2D eigenvalue weighted by atomic mass is 10.1. The van der Waals surface area contributed by atoms with Gasteiger partial charge in [-0.3, -0.25) is 0 Å². The van der Waals surface area contributed by atoms with E-state index < -0.39 is 19.7 Å². The maximum atomic E-state index is 11.7. The number of sulfone groups is 2. The number of nitrogens with zero attached hydrogens (tertiary/aromatic N) is 1. The highest BCUT2D eigenvalue weighted by Crippen LogP contribution is 2.45. The normalized spacial score (nSPS) is 16.8. The second-order valence-electron chi connectivity index (χ2n) is 7.49. The number of hydrogen-bond donors (Lipinski definition) is 2. The van der Waals surface area contributed by atoms with Crippen molar-refractivity contribution in [3.8, 4) is 0 Å². The molecule has 0 unspecified atom stereocenters. The van der Waals surface area contributed by atoms with Crippen LogP contribution >= 0.6 is 0 Å². The molecule has 27 heavy (non-hydrogen) atoms. The van der Waals surface area contributed by atoms with Gasteiger partial charge in [0.25, 0.3) is 0 Å². The first-order valence-electron chi connectivity index (χ1n) is 8.94. The van der Waals surface area contributed by atoms with E-state index in [1.165, 1.54) is 12.5 Å². The molecule has 1 aromatic carbocycles. The van der Waals surface area contributed by atoms with Gasteiger partial charge in [-0.15, -0.1) is 0 Å². The Morgan fingerprint density at radius 2 is 1.81 bits per heavy atom. The van der Waals surface area contributed by atoms with Gasteiger partial charge in [-0.25, -0.2) is 21.8 Å². The SMILES string of the molecule is CCNC(=NCc1ccc(S(C)(=O)=O)c(C)c1)NCC1(CS(C)(=O)=O)CC1. The molecule has 0 aliphatic heterocycles. The summed E-state index contributed by atoms with van der Waals surface area (Å²) < 4.78 is 46.6. The van der Waals surface area contributed by atoms with Gasteiger partial charge in [0.2, 0.25) is 0 Å². The zero-order valence-electron chi connectivity index (χ0n) is 16.4. The maximum absolute atomic E-state index is 11.7. The lowest BCUT2D eigenvalue weighted by Gasteiger charge is -2.17. The van der Waals surface area contributed by atoms with Crippen LogP contribution in [0, 0.1) is 12.3 Å². The standard InChI is InChI=1S/C18H29N3O4S2/c1-5-19-17(21-12-18(8-9-18)13-26(3,22)23)20-11-15-6-7-16(14(2)10-15)27(4,24)25/h6-7,10H,5,8-9,11-13H2,1-4H3,(H2,19,20,21). The van der Waals surface area contributed by atoms with Crippen molar-refractivity contribution < 1.29 is 16.8 Å². The number of benzene rings is 1. The van der Waals surface area contributed by atoms with Crippen LogP contribution in [-0.2, 0) is 26.2 Å². The van der Waals surface area contributed by atoms with Crippen LogP contribution in [0.3, 0.4) is 0 Å². The van der Waals surface area contributed by atoms with Gasteiger partial charge in [0.1, 0.15) is 9.84 Å². The monoisotopic (exact) mass is 415 g/mol. The summed E-state index contributed by atoms with van der Waals surface area (Å²) in [5.41, 5.74) is 1.43. The number of nitrogens with one attached hydrogen (secondary N) is 2. The first-order valence-corrected chi connectivity index (χ1v) is 12.9. The molecule has 0 amide bonds. The Labute approximate surface area is 162 Å². The van der Waals surface area contributed by atoms with Gasteiger partial charge in [-0.05, 0) is 43.9 Å². The van der Waals surface area contributed by atoms with Crippen LogP contribution < -0.4 is 10.6 Å². The molecule has 152 valence electrons. The third-order valence-electron chi connectivity index (χ3n) is 4.56. The van der Waals surface area contributed by atoms with Crippen molar-refractivity contribution in [2.75, 3.05) is 31.4 Å². The van der Waals surface area contributed by atoms with E-state index in [0.717, 1.165) is 18.4 Å². The lowest BCUT2D eigenvalue weighted by Crippen LogP contribution is -2.41. The van der Waals surface area contributed by atoms with Crippen molar-refractivity contribution in [2.24, 2.45) is 10.4 Å². The first-order chi connectivity index (χ1) is 12.4. The van der Waals surface area contributed by atoms with Crippen molar-refractivity contribution in [1.82, 2.24) is 10.6 Å². The highest BCUT2D eigenvalue weighted by molar-refractivity contribution is 7.91. The molecule has 0 bridgehead atoms. The van der Waals surface area contributed by atoms with Crippen molar-refractivity contribution >= 4 is 25.6 Å². The van der Waals surface area contributed by atoms with E-state index in [9.17, 15) is 16.8 Å². The van der Waals surface area contributed by atoms with E-state index in [1.807, 2.05) is 13.0 Å². The van der Waals surface area contributed by atoms with Crippen LogP contribution in [0.4, 0.5) is 0 Å². The fraction of sp³-hybridized carbons (Fsp3) is 0.611. The largest absolute Gasteiger partial charge is 0.357 e. The van der Waals surface area contributed by atoms with Gasteiger partial charge in [-0.1, -0.05) is 12.1 Å². The molecule has 0 saturated heterocycles. The lowest BCUT2D eigenvalue weighted by molar-refractivity contribution is 0.529. The summed E-state index contributed by atoms with van der Waals surface area (Å²) in [5.74, 6) is 0.820. The Bertz CT molecular complexity index is 918. The van der Waals surface area contributed by atoms with Crippen LogP contribution in [0.1, 0.15) is 30.9 Å². The minimum Gasteiger partial charge on any atom is -0.357 e. The second kappa shape index (κ2) is 8.18. The molecular formula is C18H29N3O4S2. The van der Waals surface area contributed by atoms with Crippen molar-refractivity contribution in [3.05, 3.63) is 29.3 Å². The molecule has 1 saturated carbocycles. The van der Waals surface area contributed by atoms with Gasteiger partial charge in [-0.2, -0.15) is 0 Å². The van der Waals surface area contributed by atoms with Crippen LogP contribution in [0.5, 0.6) is 0 Å². The molecule has 0 aromatic heterocycles. The van der Waals surface area contributed by atoms with Crippen LogP contribution in [0.2, 0.25) is 0 Å². The number of aliphatic imine (C=N–C) groups is 1. The number of guanidine groups is 1. The Morgan fingerprint density at radius 1 is 1.15 bits per heavy atom. The molecule has 0 atom stereocenters. The minimum absolute atomic E-state index is 0.183. The van der Waals surface area contributed by atoms with Crippen LogP contribution in [-0.4, -0.2) is 54.1 Å². The highest BCUT2D eigenvalue weighted by atomic mass is 32.2. The van der Waals surface area contributed by atoms with Gasteiger partial charge >= 0.3 is 0 Å². The van der Waals surface area contributed by atoms with Crippen LogP contribution in [0.15, 0.2) is 28.1 Å². The van der Waals surface area contributed by atoms with E-state index in [0.29, 0.717) is 36.1 Å². The zero-order valence-corrected chi connectivity index (χ0v) is 18.0. The smallest absolute Gasteiger partial charge is 0.191 e. The van der Waals surface area contributed by atoms with Crippen molar-refractivity contribution in [3.63, 3.8) is 0 Å². The minimum atomic E-state index is -3.23. The summed E-state index contributed by atoms with van der Waals surface area (Å²) in [4.78, 5) is 4.87. The molecule has 7 nitrogen and oxygen atoms in total. The molecule has 1 aliphatic carbocycles. The quantitative estimate of drug-likeness (QED) is 0.489. The van der Waals surface area contributed by atoms with Crippen molar-refractivity contribution in [2.45, 2.75) is 38.1 Å². The molecule has 1 fully saturated rings. The van der Waals surface area contributed by atoms with Gasteiger partial charge in [0, 0.05) is 31.0 Å². The van der Waals surface area contributed by atoms with Gasteiger partial charge in [0.15, 0.2) is 15.8 Å². The topological polar surface area (TPSA) is 105 Å². The number of hydrogen-bond acceptors (Lipinski definition) is 5. The third kappa shape index (κ3) is 6.80. The fourth-order valence-corrected chi connectivity index (χ4v) is 5.58. The fourth-order valence-electron chi connectivity index (χ4n) is 3.11. The highest BCUT2D eigenvalue weighted by Gasteiger charge is 2.45. The Hall–Kier alpha value is -1.61. The molecule has 2 rings (SSSR count). The summed E-state index contributed by atoms with van der Waals surface area (Å²) in [5, 5.41) is 6.40. The number of aryl methyl sites for hydroxylation is 1. The third-order valence-corrected chi connectivity index (χ3v) is 6.95. The molecule has 0 heterocycles. The molecule has 0 radical (unpaired) electrons. The van der Waals surface area contributed by atoms with E-state index in [-0.39, 0.29) is 11.2 Å². The summed E-state index contributed by atoms with van der Waals surface area (Å²) in [6.45, 7) is 5.40. The molecule has 0 spiro atoms. The van der Waals surface area contributed by atoms with E-state index >= 15 is 0 Å². The van der Waals surface area contributed by atoms with Gasteiger partial charge in [0.05, 0.1) is 17.2 Å². The predicted molar refractivity (Wildman–Crippen MR) is 108 cm³/mol. The summed E-state index contributed by atoms with van der Waals surface area (Å²) in [6.07, 6.45) is 4.27. The molecule has 1 aromatic rings. The van der Waals surface area contributed by atoms with E-state index in [4.69, 9.17) is 0 Å². The first kappa shape index (κ1) is 21.7. The van der Waals surface area contributed by atoms with Crippen molar-refractivity contribution in [1.29, 1.82) is 0 Å². The molecule has 9 heteroatoms. The Morgan fingerprint density at radius 3 is 2.30 bits per heavy atom. The predicted octanol–water partition coefficient (Wildman–Crippen LogP) is 1.28. The van der Waals surface area contributed by atoms with E-state index in [1.54, 1.807) is 19.1 Å². The number of rotatable bonds is 8. The van der Waals surface area contributed by atoms with E-state index in [2.05, 4.69) is 15.6 Å². The second-order valence-corrected chi connectivity index (χ2v) is 11.6. The van der Waals surface area contributed by atoms with Crippen LogP contribution in [0.25, 0.3) is 0 Å². The molecule has 1 aliphatic rings. The Kier molecular flexibility index (Phi) is 6.57. The zero-order chi connectivity index (χ0) is 20.3. The summed E-state index contributed by atoms with van der Waals surface area (Å²) in [7, 11) is -6.24.